The Morgan fingerprint density at radius 2 is 1.81 bits per heavy atom. The van der Waals surface area contributed by atoms with Crippen molar-refractivity contribution in [1.29, 1.82) is 0 Å². The highest BCUT2D eigenvalue weighted by atomic mass is 15.1. The van der Waals surface area contributed by atoms with Gasteiger partial charge < -0.3 is 9.88 Å². The molecule has 3 rings (SSSR count). The van der Waals surface area contributed by atoms with Crippen molar-refractivity contribution in [1.82, 2.24) is 14.9 Å². The lowest BCUT2D eigenvalue weighted by atomic mass is 10.1. The molecule has 21 heavy (non-hydrogen) atoms. The van der Waals surface area contributed by atoms with Gasteiger partial charge in [-0.25, -0.2) is 4.98 Å². The number of imidazole rings is 1. The van der Waals surface area contributed by atoms with Crippen LogP contribution in [0.4, 0.5) is 0 Å². The Kier molecular flexibility index (Phi) is 4.02. The maximum absolute atomic E-state index is 4.79. The molecule has 0 amide bonds. The first-order chi connectivity index (χ1) is 10.3. The van der Waals surface area contributed by atoms with Crippen LogP contribution in [0, 0.1) is 6.92 Å². The summed E-state index contributed by atoms with van der Waals surface area (Å²) in [4.78, 5) is 4.79. The zero-order valence-corrected chi connectivity index (χ0v) is 12.6. The predicted octanol–water partition coefficient (Wildman–Crippen LogP) is 3.15. The maximum atomic E-state index is 4.79. The molecule has 0 fully saturated rings. The molecule has 0 spiro atoms. The molecule has 1 heterocycles. The molecule has 3 heteroatoms. The first-order valence-corrected chi connectivity index (χ1v) is 7.42. The molecule has 0 unspecified atom stereocenters. The Bertz CT molecular complexity index is 726. The van der Waals surface area contributed by atoms with Crippen molar-refractivity contribution in [2.75, 3.05) is 13.6 Å². The Hall–Kier alpha value is -2.13. The van der Waals surface area contributed by atoms with E-state index in [4.69, 9.17) is 4.98 Å². The van der Waals surface area contributed by atoms with Crippen LogP contribution in [0.15, 0.2) is 48.5 Å². The van der Waals surface area contributed by atoms with Crippen molar-refractivity contribution >= 4 is 11.0 Å². The number of fused-ring (bicyclic) bond motifs is 1. The van der Waals surface area contributed by atoms with Crippen LogP contribution in [0.2, 0.25) is 0 Å². The minimum atomic E-state index is 0.875. The average Bonchev–Trinajstić information content (AvgIpc) is 2.85. The molecule has 0 bridgehead atoms. The SMILES string of the molecule is CNCCc1nc2ccccc2n1Cc1ccc(C)cc1. The quantitative estimate of drug-likeness (QED) is 0.777. The topological polar surface area (TPSA) is 29.9 Å². The predicted molar refractivity (Wildman–Crippen MR) is 87.6 cm³/mol. The van der Waals surface area contributed by atoms with E-state index in [1.54, 1.807) is 0 Å². The van der Waals surface area contributed by atoms with E-state index in [1.807, 2.05) is 13.1 Å². The summed E-state index contributed by atoms with van der Waals surface area (Å²) >= 11 is 0. The van der Waals surface area contributed by atoms with Crippen molar-refractivity contribution in [2.24, 2.45) is 0 Å². The highest BCUT2D eigenvalue weighted by Crippen LogP contribution is 2.18. The van der Waals surface area contributed by atoms with Crippen LogP contribution < -0.4 is 5.32 Å². The van der Waals surface area contributed by atoms with Gasteiger partial charge in [0.1, 0.15) is 5.82 Å². The third-order valence-corrected chi connectivity index (χ3v) is 3.79. The number of rotatable bonds is 5. The van der Waals surface area contributed by atoms with Gasteiger partial charge in [0.25, 0.3) is 0 Å². The number of hydrogen-bond acceptors (Lipinski definition) is 2. The monoisotopic (exact) mass is 279 g/mol. The van der Waals surface area contributed by atoms with E-state index in [9.17, 15) is 0 Å². The van der Waals surface area contributed by atoms with Gasteiger partial charge in [-0.2, -0.15) is 0 Å². The Morgan fingerprint density at radius 1 is 1.05 bits per heavy atom. The van der Waals surface area contributed by atoms with Crippen molar-refractivity contribution < 1.29 is 0 Å². The Balaban J connectivity index is 1.99. The molecule has 108 valence electrons. The van der Waals surface area contributed by atoms with Crippen molar-refractivity contribution in [2.45, 2.75) is 19.9 Å². The molecule has 0 atom stereocenters. The molecule has 0 saturated carbocycles. The summed E-state index contributed by atoms with van der Waals surface area (Å²) in [5.74, 6) is 1.14. The summed E-state index contributed by atoms with van der Waals surface area (Å²) in [6.07, 6.45) is 0.942. The smallest absolute Gasteiger partial charge is 0.111 e. The Morgan fingerprint density at radius 3 is 2.57 bits per heavy atom. The van der Waals surface area contributed by atoms with Crippen LogP contribution >= 0.6 is 0 Å². The molecular weight excluding hydrogens is 258 g/mol. The second kappa shape index (κ2) is 6.10. The van der Waals surface area contributed by atoms with Crippen LogP contribution in [-0.4, -0.2) is 23.1 Å². The largest absolute Gasteiger partial charge is 0.323 e. The summed E-state index contributed by atoms with van der Waals surface area (Å²) in [7, 11) is 1.98. The second-order valence-corrected chi connectivity index (χ2v) is 5.44. The molecule has 0 saturated heterocycles. The molecule has 3 nitrogen and oxygen atoms in total. The molecule has 0 aliphatic carbocycles. The number of nitrogens with one attached hydrogen (secondary N) is 1. The summed E-state index contributed by atoms with van der Waals surface area (Å²) in [6, 6.07) is 17.1. The number of benzene rings is 2. The highest BCUT2D eigenvalue weighted by molar-refractivity contribution is 5.76. The fraction of sp³-hybridized carbons (Fsp3) is 0.278. The number of likely N-dealkylation sites (N-methyl/N-ethyl adjacent to an activating group) is 1. The second-order valence-electron chi connectivity index (χ2n) is 5.44. The summed E-state index contributed by atoms with van der Waals surface area (Å²) in [5.41, 5.74) is 4.90. The van der Waals surface area contributed by atoms with Gasteiger partial charge >= 0.3 is 0 Å². The van der Waals surface area contributed by atoms with Gasteiger partial charge in [-0.1, -0.05) is 42.0 Å². The van der Waals surface area contributed by atoms with Crippen molar-refractivity contribution in [3.8, 4) is 0 Å². The van der Waals surface area contributed by atoms with Gasteiger partial charge in [0.05, 0.1) is 11.0 Å². The standard InChI is InChI=1S/C18H21N3/c1-14-7-9-15(10-8-14)13-21-17-6-4-3-5-16(17)20-18(21)11-12-19-2/h3-10,19H,11-13H2,1-2H3. The van der Waals surface area contributed by atoms with E-state index in [0.29, 0.717) is 0 Å². The number of hydrogen-bond donors (Lipinski definition) is 1. The zero-order chi connectivity index (χ0) is 14.7. The van der Waals surface area contributed by atoms with Crippen LogP contribution in [-0.2, 0) is 13.0 Å². The first-order valence-electron chi connectivity index (χ1n) is 7.42. The van der Waals surface area contributed by atoms with Gasteiger partial charge in [0, 0.05) is 19.5 Å². The molecule has 3 aromatic rings. The highest BCUT2D eigenvalue weighted by Gasteiger charge is 2.10. The number of aromatic nitrogens is 2. The molecule has 1 N–H and O–H groups in total. The van der Waals surface area contributed by atoms with E-state index in [2.05, 4.69) is 59.3 Å². The maximum Gasteiger partial charge on any atom is 0.111 e. The van der Waals surface area contributed by atoms with Gasteiger partial charge in [0.15, 0.2) is 0 Å². The Labute approximate surface area is 125 Å². The normalized spacial score (nSPS) is 11.1. The van der Waals surface area contributed by atoms with E-state index in [1.165, 1.54) is 16.6 Å². The van der Waals surface area contributed by atoms with Crippen molar-refractivity contribution in [3.63, 3.8) is 0 Å². The van der Waals surface area contributed by atoms with E-state index in [-0.39, 0.29) is 0 Å². The van der Waals surface area contributed by atoms with Crippen LogP contribution in [0.5, 0.6) is 0 Å². The van der Waals surface area contributed by atoms with E-state index < -0.39 is 0 Å². The molecule has 2 aromatic carbocycles. The lowest BCUT2D eigenvalue weighted by Crippen LogP contribution is -2.14. The molecule has 0 aliphatic heterocycles. The van der Waals surface area contributed by atoms with Gasteiger partial charge in [0.2, 0.25) is 0 Å². The fourth-order valence-electron chi connectivity index (χ4n) is 2.61. The molecule has 0 radical (unpaired) electrons. The van der Waals surface area contributed by atoms with Crippen molar-refractivity contribution in [3.05, 3.63) is 65.5 Å². The lowest BCUT2D eigenvalue weighted by molar-refractivity contribution is 0.696. The molecule has 0 aliphatic rings. The van der Waals surface area contributed by atoms with Gasteiger partial charge in [-0.15, -0.1) is 0 Å². The summed E-state index contributed by atoms with van der Waals surface area (Å²) < 4.78 is 2.33. The van der Waals surface area contributed by atoms with Gasteiger partial charge in [-0.3, -0.25) is 0 Å². The van der Waals surface area contributed by atoms with Gasteiger partial charge in [-0.05, 0) is 31.7 Å². The first kappa shape index (κ1) is 13.8. The van der Waals surface area contributed by atoms with E-state index >= 15 is 0 Å². The molecule has 1 aromatic heterocycles. The summed E-state index contributed by atoms with van der Waals surface area (Å²) in [5, 5.41) is 3.21. The number of aryl methyl sites for hydroxylation is 1. The number of para-hydroxylation sites is 2. The average molecular weight is 279 g/mol. The van der Waals surface area contributed by atoms with Crippen LogP contribution in [0.3, 0.4) is 0 Å². The molecular formula is C18H21N3. The minimum Gasteiger partial charge on any atom is -0.323 e. The zero-order valence-electron chi connectivity index (χ0n) is 12.6. The van der Waals surface area contributed by atoms with Crippen LogP contribution in [0.25, 0.3) is 11.0 Å². The number of nitrogens with zero attached hydrogens (tertiary/aromatic N) is 2. The summed E-state index contributed by atoms with van der Waals surface area (Å²) in [6.45, 7) is 3.94. The minimum absolute atomic E-state index is 0.875. The third kappa shape index (κ3) is 2.98. The lowest BCUT2D eigenvalue weighted by Gasteiger charge is -2.10. The third-order valence-electron chi connectivity index (χ3n) is 3.79. The fourth-order valence-corrected chi connectivity index (χ4v) is 2.61. The van der Waals surface area contributed by atoms with E-state index in [0.717, 1.165) is 30.9 Å². The van der Waals surface area contributed by atoms with Crippen LogP contribution in [0.1, 0.15) is 17.0 Å².